The number of carbonyl (C=O) groups excluding carboxylic acids is 1. The number of ether oxygens (including phenoxy) is 1. The summed E-state index contributed by atoms with van der Waals surface area (Å²) in [6.45, 7) is 2.35. The maximum absolute atomic E-state index is 11.1. The molecule has 1 aromatic rings. The molecule has 1 heterocycles. The molecule has 0 fully saturated rings. The van der Waals surface area contributed by atoms with Crippen molar-refractivity contribution in [3.8, 4) is 0 Å². The quantitative estimate of drug-likeness (QED) is 0.447. The summed E-state index contributed by atoms with van der Waals surface area (Å²) in [5.41, 5.74) is 1.20. The van der Waals surface area contributed by atoms with Crippen LogP contribution in [0.4, 0.5) is 0 Å². The molecule has 0 aliphatic heterocycles. The number of aryl methyl sites for hydroxylation is 1. The summed E-state index contributed by atoms with van der Waals surface area (Å²) >= 11 is 0. The number of hydrogen-bond acceptors (Lipinski definition) is 3. The molecule has 20 heavy (non-hydrogen) atoms. The predicted octanol–water partition coefficient (Wildman–Crippen LogP) is 4.31. The Hall–Kier alpha value is -1.38. The largest absolute Gasteiger partial charge is 0.466 e. The van der Waals surface area contributed by atoms with E-state index in [-0.39, 0.29) is 5.97 Å². The van der Waals surface area contributed by atoms with E-state index in [1.165, 1.54) is 37.8 Å². The van der Waals surface area contributed by atoms with Gasteiger partial charge in [0.05, 0.1) is 6.61 Å². The molecular weight excluding hydrogens is 250 g/mol. The molecule has 0 aromatic carbocycles. The molecule has 3 nitrogen and oxygen atoms in total. The first-order valence-electron chi connectivity index (χ1n) is 7.88. The monoisotopic (exact) mass is 277 g/mol. The van der Waals surface area contributed by atoms with Crippen molar-refractivity contribution in [3.05, 3.63) is 30.1 Å². The fraction of sp³-hybridized carbons (Fsp3) is 0.647. The first-order chi connectivity index (χ1) is 9.83. The van der Waals surface area contributed by atoms with E-state index in [0.717, 1.165) is 19.3 Å². The summed E-state index contributed by atoms with van der Waals surface area (Å²) in [5.74, 6) is -0.0529. The third-order valence-electron chi connectivity index (χ3n) is 3.35. The van der Waals surface area contributed by atoms with Gasteiger partial charge >= 0.3 is 5.97 Å². The second-order valence-electron chi connectivity index (χ2n) is 5.10. The van der Waals surface area contributed by atoms with Crippen LogP contribution in [0.3, 0.4) is 0 Å². The molecule has 0 aliphatic rings. The molecule has 1 aromatic heterocycles. The van der Waals surface area contributed by atoms with Crippen LogP contribution < -0.4 is 0 Å². The number of nitrogens with zero attached hydrogens (tertiary/aromatic N) is 1. The number of aromatic nitrogens is 1. The molecule has 0 bridgehead atoms. The Kier molecular flexibility index (Phi) is 9.54. The summed E-state index contributed by atoms with van der Waals surface area (Å²) in [6, 6.07) is 6.10. The van der Waals surface area contributed by atoms with Gasteiger partial charge in [0, 0.05) is 18.3 Å². The van der Waals surface area contributed by atoms with Gasteiger partial charge in [-0.15, -0.1) is 0 Å². The van der Waals surface area contributed by atoms with Crippen LogP contribution in [0.15, 0.2) is 24.4 Å². The zero-order chi connectivity index (χ0) is 14.5. The lowest BCUT2D eigenvalue weighted by Crippen LogP contribution is -2.03. The normalized spacial score (nSPS) is 10.4. The zero-order valence-electron chi connectivity index (χ0n) is 12.6. The smallest absolute Gasteiger partial charge is 0.305 e. The van der Waals surface area contributed by atoms with Gasteiger partial charge in [-0.25, -0.2) is 0 Å². The fourth-order valence-corrected chi connectivity index (χ4v) is 2.24. The lowest BCUT2D eigenvalue weighted by molar-refractivity contribution is -0.143. The van der Waals surface area contributed by atoms with Crippen LogP contribution >= 0.6 is 0 Å². The average Bonchev–Trinajstić information content (AvgIpc) is 2.47. The topological polar surface area (TPSA) is 39.2 Å². The van der Waals surface area contributed by atoms with Gasteiger partial charge in [0.15, 0.2) is 0 Å². The molecule has 112 valence electrons. The number of rotatable bonds is 11. The van der Waals surface area contributed by atoms with Crippen LogP contribution in [-0.2, 0) is 16.0 Å². The van der Waals surface area contributed by atoms with Crippen LogP contribution in [0.2, 0.25) is 0 Å². The van der Waals surface area contributed by atoms with Crippen molar-refractivity contribution in [1.82, 2.24) is 4.98 Å². The summed E-state index contributed by atoms with van der Waals surface area (Å²) in [6.07, 6.45) is 11.9. The first kappa shape index (κ1) is 16.7. The van der Waals surface area contributed by atoms with Crippen molar-refractivity contribution in [2.45, 2.75) is 64.7 Å². The van der Waals surface area contributed by atoms with E-state index in [9.17, 15) is 4.79 Å². The standard InChI is InChI=1S/C17H27NO2/c1-2-20-17(19)14-9-7-5-3-4-6-8-12-16-13-10-11-15-18-16/h10-11,13,15H,2-9,12,14H2,1H3. The Morgan fingerprint density at radius 1 is 1.05 bits per heavy atom. The van der Waals surface area contributed by atoms with E-state index in [0.29, 0.717) is 13.0 Å². The van der Waals surface area contributed by atoms with Gasteiger partial charge < -0.3 is 4.74 Å². The van der Waals surface area contributed by atoms with Gasteiger partial charge in [0.2, 0.25) is 0 Å². The van der Waals surface area contributed by atoms with E-state index < -0.39 is 0 Å². The lowest BCUT2D eigenvalue weighted by atomic mass is 10.1. The average molecular weight is 277 g/mol. The van der Waals surface area contributed by atoms with Gasteiger partial charge in [-0.3, -0.25) is 9.78 Å². The van der Waals surface area contributed by atoms with Crippen LogP contribution in [0.25, 0.3) is 0 Å². The van der Waals surface area contributed by atoms with Gasteiger partial charge in [-0.1, -0.05) is 38.2 Å². The van der Waals surface area contributed by atoms with Crippen molar-refractivity contribution in [3.63, 3.8) is 0 Å². The highest BCUT2D eigenvalue weighted by molar-refractivity contribution is 5.69. The fourth-order valence-electron chi connectivity index (χ4n) is 2.24. The molecular formula is C17H27NO2. The predicted molar refractivity (Wildman–Crippen MR) is 81.5 cm³/mol. The zero-order valence-corrected chi connectivity index (χ0v) is 12.6. The summed E-state index contributed by atoms with van der Waals surface area (Å²) in [4.78, 5) is 15.4. The lowest BCUT2D eigenvalue weighted by Gasteiger charge is -2.03. The number of esters is 1. The minimum Gasteiger partial charge on any atom is -0.466 e. The van der Waals surface area contributed by atoms with Gasteiger partial charge in [0.25, 0.3) is 0 Å². The molecule has 0 atom stereocenters. The van der Waals surface area contributed by atoms with E-state index in [1.54, 1.807) is 0 Å². The van der Waals surface area contributed by atoms with Crippen LogP contribution in [-0.4, -0.2) is 17.6 Å². The number of carbonyl (C=O) groups is 1. The highest BCUT2D eigenvalue weighted by Crippen LogP contribution is 2.10. The summed E-state index contributed by atoms with van der Waals surface area (Å²) < 4.78 is 4.90. The Bertz CT molecular complexity index is 351. The molecule has 0 saturated carbocycles. The Labute approximate surface area is 122 Å². The highest BCUT2D eigenvalue weighted by atomic mass is 16.5. The second kappa shape index (κ2) is 11.4. The van der Waals surface area contributed by atoms with Gasteiger partial charge in [0.1, 0.15) is 0 Å². The van der Waals surface area contributed by atoms with E-state index in [4.69, 9.17) is 4.74 Å². The van der Waals surface area contributed by atoms with Crippen LogP contribution in [0.5, 0.6) is 0 Å². The second-order valence-corrected chi connectivity index (χ2v) is 5.10. The van der Waals surface area contributed by atoms with Crippen molar-refractivity contribution in [2.75, 3.05) is 6.61 Å². The summed E-state index contributed by atoms with van der Waals surface area (Å²) in [5, 5.41) is 0. The molecule has 0 amide bonds. The van der Waals surface area contributed by atoms with Crippen molar-refractivity contribution in [1.29, 1.82) is 0 Å². The third kappa shape index (κ3) is 8.68. The van der Waals surface area contributed by atoms with Crippen LogP contribution in [0, 0.1) is 0 Å². The maximum Gasteiger partial charge on any atom is 0.305 e. The molecule has 3 heteroatoms. The van der Waals surface area contributed by atoms with E-state index >= 15 is 0 Å². The summed E-state index contributed by atoms with van der Waals surface area (Å²) in [7, 11) is 0. The Balaban J connectivity index is 1.84. The number of pyridine rings is 1. The van der Waals surface area contributed by atoms with E-state index in [1.807, 2.05) is 25.3 Å². The molecule has 0 aliphatic carbocycles. The Morgan fingerprint density at radius 3 is 2.40 bits per heavy atom. The van der Waals surface area contributed by atoms with Gasteiger partial charge in [-0.2, -0.15) is 0 Å². The maximum atomic E-state index is 11.1. The molecule has 0 unspecified atom stereocenters. The van der Waals surface area contributed by atoms with Crippen LogP contribution in [0.1, 0.15) is 64.0 Å². The minimum atomic E-state index is -0.0529. The third-order valence-corrected chi connectivity index (χ3v) is 3.35. The van der Waals surface area contributed by atoms with Crippen molar-refractivity contribution < 1.29 is 9.53 Å². The number of unbranched alkanes of at least 4 members (excludes halogenated alkanes) is 6. The molecule has 0 saturated heterocycles. The van der Waals surface area contributed by atoms with Crippen molar-refractivity contribution in [2.24, 2.45) is 0 Å². The van der Waals surface area contributed by atoms with Gasteiger partial charge in [-0.05, 0) is 38.3 Å². The van der Waals surface area contributed by atoms with Crippen molar-refractivity contribution >= 4 is 5.97 Å². The molecule has 0 N–H and O–H groups in total. The Morgan fingerprint density at radius 2 is 1.75 bits per heavy atom. The first-order valence-corrected chi connectivity index (χ1v) is 7.88. The highest BCUT2D eigenvalue weighted by Gasteiger charge is 2.00. The van der Waals surface area contributed by atoms with E-state index in [2.05, 4.69) is 11.1 Å². The SMILES string of the molecule is CCOC(=O)CCCCCCCCCc1ccccn1. The number of hydrogen-bond donors (Lipinski definition) is 0. The molecule has 0 radical (unpaired) electrons. The molecule has 0 spiro atoms. The molecule has 1 rings (SSSR count). The minimum absolute atomic E-state index is 0.0529.